The quantitative estimate of drug-likeness (QED) is 0.164. The molecule has 0 amide bonds. The van der Waals surface area contributed by atoms with Crippen molar-refractivity contribution < 1.29 is 24.5 Å². The topological polar surface area (TPSA) is 51.8 Å². The van der Waals surface area contributed by atoms with Crippen molar-refractivity contribution in [1.82, 2.24) is 15.0 Å². The molecule has 0 fully saturated rings. The SMILES string of the molecule is [Ir].[c-]1ccc(-c2ccc3oc(-c4ccncc4)cc3c2)cc1-c1ccc(-c2ccccc2)cn1.[c-]1ccccc1-c1ccccn1. The predicted octanol–water partition coefficient (Wildman–Crippen LogP) is 10.2. The summed E-state index contributed by atoms with van der Waals surface area (Å²) in [5, 5.41) is 1.07. The maximum atomic E-state index is 6.04. The molecular formula is C41H27IrN3O-2. The molecule has 0 spiro atoms. The largest absolute Gasteiger partial charge is 0.456 e. The molecule has 46 heavy (non-hydrogen) atoms. The third kappa shape index (κ3) is 7.08. The van der Waals surface area contributed by atoms with Crippen LogP contribution in [0.5, 0.6) is 0 Å². The van der Waals surface area contributed by atoms with Gasteiger partial charge in [0, 0.05) is 55.8 Å². The van der Waals surface area contributed by atoms with Crippen molar-refractivity contribution in [3.8, 4) is 56.1 Å². The zero-order valence-electron chi connectivity index (χ0n) is 24.7. The van der Waals surface area contributed by atoms with Crippen molar-refractivity contribution in [3.63, 3.8) is 0 Å². The first-order valence-corrected chi connectivity index (χ1v) is 14.7. The molecule has 223 valence electrons. The van der Waals surface area contributed by atoms with E-state index in [2.05, 4.69) is 76.7 Å². The number of furan rings is 1. The number of aromatic nitrogens is 3. The van der Waals surface area contributed by atoms with E-state index in [9.17, 15) is 0 Å². The third-order valence-electron chi connectivity index (χ3n) is 7.41. The first-order chi connectivity index (χ1) is 22.3. The summed E-state index contributed by atoms with van der Waals surface area (Å²) >= 11 is 0. The number of hydrogen-bond acceptors (Lipinski definition) is 4. The van der Waals surface area contributed by atoms with Gasteiger partial charge in [0.15, 0.2) is 0 Å². The van der Waals surface area contributed by atoms with Crippen LogP contribution in [0.25, 0.3) is 67.1 Å². The van der Waals surface area contributed by atoms with Gasteiger partial charge in [-0.1, -0.05) is 60.7 Å². The minimum atomic E-state index is 0. The van der Waals surface area contributed by atoms with Gasteiger partial charge in [-0.2, -0.15) is 0 Å². The molecule has 0 N–H and O–H groups in total. The summed E-state index contributed by atoms with van der Waals surface area (Å²) in [6, 6.07) is 53.0. The first kappa shape index (κ1) is 30.5. The Balaban J connectivity index is 0.000000241. The van der Waals surface area contributed by atoms with Gasteiger partial charge in [0.25, 0.3) is 0 Å². The Kier molecular flexibility index (Phi) is 9.65. The Labute approximate surface area is 281 Å². The molecule has 4 nitrogen and oxygen atoms in total. The van der Waals surface area contributed by atoms with E-state index in [1.165, 1.54) is 0 Å². The molecule has 4 aromatic carbocycles. The number of benzene rings is 4. The van der Waals surface area contributed by atoms with E-state index in [-0.39, 0.29) is 20.1 Å². The summed E-state index contributed by atoms with van der Waals surface area (Å²) in [6.07, 6.45) is 7.26. The summed E-state index contributed by atoms with van der Waals surface area (Å²) in [5.74, 6) is 0.842. The Hall–Kier alpha value is -5.48. The molecule has 4 aromatic heterocycles. The second kappa shape index (κ2) is 14.5. The second-order valence-corrected chi connectivity index (χ2v) is 10.4. The molecule has 0 saturated carbocycles. The van der Waals surface area contributed by atoms with E-state index in [0.717, 1.165) is 67.1 Å². The third-order valence-corrected chi connectivity index (χ3v) is 7.41. The normalized spacial score (nSPS) is 10.4. The smallest absolute Gasteiger partial charge is 0.135 e. The zero-order chi connectivity index (χ0) is 30.3. The number of nitrogens with zero attached hydrogens (tertiary/aromatic N) is 3. The summed E-state index contributed by atoms with van der Waals surface area (Å²) in [7, 11) is 0. The summed E-state index contributed by atoms with van der Waals surface area (Å²) in [5.41, 5.74) is 10.3. The molecule has 0 saturated heterocycles. The van der Waals surface area contributed by atoms with Crippen LogP contribution in [0.3, 0.4) is 0 Å². The van der Waals surface area contributed by atoms with Crippen LogP contribution in [0.1, 0.15) is 0 Å². The molecule has 8 aromatic rings. The Morgan fingerprint density at radius 2 is 1.24 bits per heavy atom. The van der Waals surface area contributed by atoms with Crippen LogP contribution in [-0.2, 0) is 20.1 Å². The number of fused-ring (bicyclic) bond motifs is 1. The van der Waals surface area contributed by atoms with Crippen molar-refractivity contribution in [3.05, 3.63) is 176 Å². The average Bonchev–Trinajstić information content (AvgIpc) is 3.57. The molecule has 0 atom stereocenters. The summed E-state index contributed by atoms with van der Waals surface area (Å²) in [4.78, 5) is 13.0. The second-order valence-electron chi connectivity index (χ2n) is 10.4. The molecule has 0 unspecified atom stereocenters. The van der Waals surface area contributed by atoms with Crippen LogP contribution in [0.2, 0.25) is 0 Å². The van der Waals surface area contributed by atoms with E-state index in [0.29, 0.717) is 0 Å². The molecule has 0 bridgehead atoms. The van der Waals surface area contributed by atoms with E-state index >= 15 is 0 Å². The monoisotopic (exact) mass is 770 g/mol. The number of pyridine rings is 3. The number of hydrogen-bond donors (Lipinski definition) is 0. The Morgan fingerprint density at radius 3 is 2.00 bits per heavy atom. The fourth-order valence-corrected chi connectivity index (χ4v) is 5.10. The zero-order valence-corrected chi connectivity index (χ0v) is 27.1. The molecule has 4 heterocycles. The van der Waals surface area contributed by atoms with Crippen LogP contribution in [0, 0.1) is 12.1 Å². The van der Waals surface area contributed by atoms with Crippen molar-refractivity contribution in [2.45, 2.75) is 0 Å². The van der Waals surface area contributed by atoms with Gasteiger partial charge in [-0.25, -0.2) is 0 Å². The molecule has 0 aliphatic carbocycles. The van der Waals surface area contributed by atoms with Crippen LogP contribution >= 0.6 is 0 Å². The van der Waals surface area contributed by atoms with Gasteiger partial charge in [0.05, 0.1) is 0 Å². The molecular weight excluding hydrogens is 743 g/mol. The minimum Gasteiger partial charge on any atom is -0.456 e. The first-order valence-electron chi connectivity index (χ1n) is 14.7. The van der Waals surface area contributed by atoms with Crippen LogP contribution in [0.4, 0.5) is 0 Å². The van der Waals surface area contributed by atoms with Crippen molar-refractivity contribution in [1.29, 1.82) is 0 Å². The van der Waals surface area contributed by atoms with Crippen molar-refractivity contribution >= 4 is 11.0 Å². The maximum Gasteiger partial charge on any atom is 0.135 e. The number of rotatable bonds is 5. The van der Waals surface area contributed by atoms with Gasteiger partial charge < -0.3 is 14.4 Å². The van der Waals surface area contributed by atoms with E-state index in [1.807, 2.05) is 91.1 Å². The van der Waals surface area contributed by atoms with Crippen molar-refractivity contribution in [2.24, 2.45) is 0 Å². The predicted molar refractivity (Wildman–Crippen MR) is 181 cm³/mol. The van der Waals surface area contributed by atoms with Crippen LogP contribution in [-0.4, -0.2) is 15.0 Å². The van der Waals surface area contributed by atoms with E-state index < -0.39 is 0 Å². The van der Waals surface area contributed by atoms with Crippen molar-refractivity contribution in [2.75, 3.05) is 0 Å². The summed E-state index contributed by atoms with van der Waals surface area (Å²) < 4.78 is 6.04. The van der Waals surface area contributed by atoms with Crippen LogP contribution in [0.15, 0.2) is 169 Å². The van der Waals surface area contributed by atoms with Gasteiger partial charge >= 0.3 is 0 Å². The molecule has 8 rings (SSSR count). The Bertz CT molecular complexity index is 2100. The average molecular weight is 770 g/mol. The van der Waals surface area contributed by atoms with Gasteiger partial charge in [0.2, 0.25) is 0 Å². The van der Waals surface area contributed by atoms with Gasteiger partial charge in [-0.05, 0) is 64.5 Å². The molecule has 0 aliphatic heterocycles. The Morgan fingerprint density at radius 1 is 0.478 bits per heavy atom. The molecule has 0 aliphatic rings. The van der Waals surface area contributed by atoms with Gasteiger partial charge in [-0.3, -0.25) is 4.98 Å². The van der Waals surface area contributed by atoms with E-state index in [4.69, 9.17) is 9.40 Å². The minimum absolute atomic E-state index is 0. The van der Waals surface area contributed by atoms with Gasteiger partial charge in [-0.15, -0.1) is 71.3 Å². The molecule has 1 radical (unpaired) electrons. The summed E-state index contributed by atoms with van der Waals surface area (Å²) in [6.45, 7) is 0. The van der Waals surface area contributed by atoms with E-state index in [1.54, 1.807) is 18.6 Å². The standard InChI is InChI=1S/C30H19N2O.C11H8N.Ir/c1-2-5-21(6-3-1)26-9-11-28(32-20-26)25-8-4-7-23(17-25)24-10-12-29-27(18-24)19-30(33-29)22-13-15-31-16-14-22;1-2-6-10(7-3-1)11-8-4-5-9-12-11;/h1-7,9-20H;1-6,8-9H;/q2*-1;. The fourth-order valence-electron chi connectivity index (χ4n) is 5.10. The van der Waals surface area contributed by atoms with Crippen LogP contribution < -0.4 is 0 Å². The maximum absolute atomic E-state index is 6.04. The fraction of sp³-hybridized carbons (Fsp3) is 0. The van der Waals surface area contributed by atoms with Gasteiger partial charge in [0.1, 0.15) is 11.3 Å². The molecule has 5 heteroatoms.